The monoisotopic (exact) mass is 380 g/mol. The van der Waals surface area contributed by atoms with Gasteiger partial charge in [0.2, 0.25) is 5.88 Å². The van der Waals surface area contributed by atoms with Crippen LogP contribution in [-0.2, 0) is 12.6 Å². The van der Waals surface area contributed by atoms with Gasteiger partial charge in [-0.25, -0.2) is 4.39 Å². The van der Waals surface area contributed by atoms with Gasteiger partial charge in [-0.1, -0.05) is 28.0 Å². The van der Waals surface area contributed by atoms with E-state index in [0.717, 1.165) is 6.07 Å². The van der Waals surface area contributed by atoms with Crippen molar-refractivity contribution in [3.8, 4) is 0 Å². The van der Waals surface area contributed by atoms with Gasteiger partial charge < -0.3 is 4.52 Å². The molecule has 1 aromatic carbocycles. The summed E-state index contributed by atoms with van der Waals surface area (Å²) in [6.07, 6.45) is -4.75. The molecular weight excluding hydrogens is 372 g/mol. The van der Waals surface area contributed by atoms with E-state index in [-0.39, 0.29) is 17.5 Å². The number of hydrogen-bond acceptors (Lipinski definition) is 3. The number of halogens is 5. The summed E-state index contributed by atoms with van der Waals surface area (Å²) in [6.45, 7) is 1.46. The van der Waals surface area contributed by atoms with E-state index in [1.165, 1.54) is 19.1 Å². The van der Waals surface area contributed by atoms with Crippen LogP contribution in [0, 0.1) is 5.82 Å². The first kappa shape index (κ1) is 16.5. The largest absolute Gasteiger partial charge is 0.437 e. The number of carbonyl (C=O) groups is 1. The molecule has 1 N–H and O–H groups in total. The fourth-order valence-electron chi connectivity index (χ4n) is 1.80. The van der Waals surface area contributed by atoms with Crippen LogP contribution in [0.2, 0.25) is 0 Å². The summed E-state index contributed by atoms with van der Waals surface area (Å²) < 4.78 is 56.8. The predicted octanol–water partition coefficient (Wildman–Crippen LogP) is 4.41. The third kappa shape index (κ3) is 3.29. The average Bonchev–Trinajstić information content (AvgIpc) is 2.81. The summed E-state index contributed by atoms with van der Waals surface area (Å²) in [5.74, 6) is -2.19. The molecule has 0 unspecified atom stereocenters. The zero-order valence-electron chi connectivity index (χ0n) is 11.1. The Hall–Kier alpha value is -1.90. The molecule has 1 heterocycles. The van der Waals surface area contributed by atoms with Crippen LogP contribution >= 0.6 is 15.9 Å². The van der Waals surface area contributed by atoms with Crippen molar-refractivity contribution in [2.24, 2.45) is 0 Å². The van der Waals surface area contributed by atoms with Gasteiger partial charge in [0, 0.05) is 10.0 Å². The highest BCUT2D eigenvalue weighted by molar-refractivity contribution is 9.10. The summed E-state index contributed by atoms with van der Waals surface area (Å²) in [6, 6.07) is 3.69. The van der Waals surface area contributed by atoms with E-state index in [4.69, 9.17) is 0 Å². The molecule has 0 aliphatic rings. The summed E-state index contributed by atoms with van der Waals surface area (Å²) in [5.41, 5.74) is -1.82. The lowest BCUT2D eigenvalue weighted by Gasteiger charge is -2.06. The van der Waals surface area contributed by atoms with Crippen LogP contribution in [-0.4, -0.2) is 11.1 Å². The zero-order chi connectivity index (χ0) is 16.5. The van der Waals surface area contributed by atoms with Crippen LogP contribution in [0.3, 0.4) is 0 Å². The Kier molecular flexibility index (Phi) is 4.55. The Labute approximate surface area is 130 Å². The molecule has 0 fully saturated rings. The first-order valence-electron chi connectivity index (χ1n) is 6.06. The van der Waals surface area contributed by atoms with Gasteiger partial charge in [0.1, 0.15) is 5.82 Å². The minimum atomic E-state index is -4.69. The molecule has 0 saturated carbocycles. The minimum absolute atomic E-state index is 0.0588. The molecule has 1 amide bonds. The Morgan fingerprint density at radius 1 is 1.41 bits per heavy atom. The number of alkyl halides is 3. The maximum absolute atomic E-state index is 13.7. The smallest absolute Gasteiger partial charge is 0.338 e. The van der Waals surface area contributed by atoms with Gasteiger partial charge in [-0.3, -0.25) is 10.1 Å². The van der Waals surface area contributed by atoms with Crippen molar-refractivity contribution in [2.75, 3.05) is 5.32 Å². The summed E-state index contributed by atoms with van der Waals surface area (Å²) in [7, 11) is 0. The van der Waals surface area contributed by atoms with Crippen molar-refractivity contribution in [3.63, 3.8) is 0 Å². The van der Waals surface area contributed by atoms with E-state index in [1.54, 1.807) is 0 Å². The number of anilines is 1. The second kappa shape index (κ2) is 6.07. The third-order valence-corrected chi connectivity index (χ3v) is 3.31. The number of hydrogen-bond donors (Lipinski definition) is 1. The Morgan fingerprint density at radius 2 is 2.09 bits per heavy atom. The highest BCUT2D eigenvalue weighted by atomic mass is 79.9. The molecule has 1 aromatic heterocycles. The Bertz CT molecular complexity index is 713. The lowest BCUT2D eigenvalue weighted by molar-refractivity contribution is -0.143. The molecule has 9 heteroatoms. The van der Waals surface area contributed by atoms with Crippen LogP contribution < -0.4 is 5.32 Å². The zero-order valence-corrected chi connectivity index (χ0v) is 12.7. The minimum Gasteiger partial charge on any atom is -0.338 e. The number of carbonyl (C=O) groups excluding carboxylic acids is 1. The fourth-order valence-corrected chi connectivity index (χ4v) is 2.14. The molecule has 0 saturated heterocycles. The normalized spacial score (nSPS) is 11.5. The van der Waals surface area contributed by atoms with Crippen LogP contribution in [0.25, 0.3) is 0 Å². The van der Waals surface area contributed by atoms with Gasteiger partial charge in [-0.05, 0) is 24.6 Å². The van der Waals surface area contributed by atoms with E-state index >= 15 is 0 Å². The topological polar surface area (TPSA) is 55.1 Å². The molecule has 0 bridgehead atoms. The van der Waals surface area contributed by atoms with Gasteiger partial charge >= 0.3 is 6.18 Å². The van der Waals surface area contributed by atoms with Crippen molar-refractivity contribution >= 4 is 27.7 Å². The van der Waals surface area contributed by atoms with Crippen LogP contribution in [0.15, 0.2) is 27.2 Å². The van der Waals surface area contributed by atoms with E-state index in [2.05, 4.69) is 30.9 Å². The van der Waals surface area contributed by atoms with Crippen LogP contribution in [0.1, 0.15) is 28.5 Å². The van der Waals surface area contributed by atoms with E-state index in [1.807, 2.05) is 0 Å². The third-order valence-electron chi connectivity index (χ3n) is 2.81. The Morgan fingerprint density at radius 3 is 2.64 bits per heavy atom. The SMILES string of the molecule is CCc1c(C(F)(F)F)noc1NC(=O)c1ccc(Br)cc1F. The molecule has 4 nitrogen and oxygen atoms in total. The van der Waals surface area contributed by atoms with Crippen molar-refractivity contribution in [3.05, 3.63) is 45.3 Å². The van der Waals surface area contributed by atoms with Crippen molar-refractivity contribution < 1.29 is 26.9 Å². The molecule has 0 spiro atoms. The maximum Gasteiger partial charge on any atom is 0.437 e. The van der Waals surface area contributed by atoms with Gasteiger partial charge in [0.05, 0.1) is 5.56 Å². The number of aromatic nitrogens is 1. The number of amides is 1. The summed E-state index contributed by atoms with van der Waals surface area (Å²) in [4.78, 5) is 11.9. The summed E-state index contributed by atoms with van der Waals surface area (Å²) >= 11 is 3.03. The standard InChI is InChI=1S/C13H9BrF4N2O2/c1-2-7-10(13(16,17)18)20-22-12(7)19-11(21)8-4-3-6(14)5-9(8)15/h3-5H,2H2,1H3,(H,19,21). The van der Waals surface area contributed by atoms with Crippen LogP contribution in [0.4, 0.5) is 23.4 Å². The number of rotatable bonds is 3. The molecule has 0 aliphatic heterocycles. The fraction of sp³-hybridized carbons (Fsp3) is 0.231. The van der Waals surface area contributed by atoms with Crippen molar-refractivity contribution in [2.45, 2.75) is 19.5 Å². The maximum atomic E-state index is 13.7. The van der Waals surface area contributed by atoms with E-state index in [0.29, 0.717) is 4.47 Å². The number of benzene rings is 1. The quantitative estimate of drug-likeness (QED) is 0.802. The Balaban J connectivity index is 2.31. The lowest BCUT2D eigenvalue weighted by Crippen LogP contribution is -2.15. The first-order chi connectivity index (χ1) is 10.2. The van der Waals surface area contributed by atoms with Gasteiger partial charge in [-0.2, -0.15) is 13.2 Å². The number of nitrogens with one attached hydrogen (secondary N) is 1. The number of nitrogens with zero attached hydrogens (tertiary/aromatic N) is 1. The molecule has 2 rings (SSSR count). The van der Waals surface area contributed by atoms with E-state index < -0.39 is 29.5 Å². The lowest BCUT2D eigenvalue weighted by atomic mass is 10.1. The molecule has 0 atom stereocenters. The predicted molar refractivity (Wildman–Crippen MR) is 72.9 cm³/mol. The van der Waals surface area contributed by atoms with Gasteiger partial charge in [-0.15, -0.1) is 0 Å². The highest BCUT2D eigenvalue weighted by Gasteiger charge is 2.39. The molecule has 22 heavy (non-hydrogen) atoms. The summed E-state index contributed by atoms with van der Waals surface area (Å²) in [5, 5.41) is 5.03. The molecular formula is C13H9BrF4N2O2. The van der Waals surface area contributed by atoms with Crippen LogP contribution in [0.5, 0.6) is 0 Å². The van der Waals surface area contributed by atoms with Gasteiger partial charge in [0.25, 0.3) is 5.91 Å². The first-order valence-corrected chi connectivity index (χ1v) is 6.85. The van der Waals surface area contributed by atoms with Crippen molar-refractivity contribution in [1.82, 2.24) is 5.16 Å². The molecule has 118 valence electrons. The molecule has 0 radical (unpaired) electrons. The second-order valence-electron chi connectivity index (χ2n) is 4.27. The molecule has 2 aromatic rings. The second-order valence-corrected chi connectivity index (χ2v) is 5.18. The van der Waals surface area contributed by atoms with Gasteiger partial charge in [0.15, 0.2) is 5.69 Å². The molecule has 0 aliphatic carbocycles. The van der Waals surface area contributed by atoms with Crippen molar-refractivity contribution in [1.29, 1.82) is 0 Å². The average molecular weight is 381 g/mol. The van der Waals surface area contributed by atoms with E-state index in [9.17, 15) is 22.4 Å². The highest BCUT2D eigenvalue weighted by Crippen LogP contribution is 2.35.